The fraction of sp³-hybridized carbons (Fsp3) is 0.941. The fourth-order valence-corrected chi connectivity index (χ4v) is 2.47. The summed E-state index contributed by atoms with van der Waals surface area (Å²) in [5.41, 5.74) is 0. The molecule has 1 fully saturated rings. The summed E-state index contributed by atoms with van der Waals surface area (Å²) in [5, 5.41) is 6.79. The first-order valence-electron chi connectivity index (χ1n) is 8.81. The van der Waals surface area contributed by atoms with Gasteiger partial charge in [-0.25, -0.2) is 0 Å². The quantitative estimate of drug-likeness (QED) is 0.363. The smallest absolute Gasteiger partial charge is 0.191 e. The molecule has 0 aliphatic carbocycles. The van der Waals surface area contributed by atoms with Crippen LogP contribution in [-0.4, -0.2) is 62.3 Å². The van der Waals surface area contributed by atoms with Crippen LogP contribution in [0.1, 0.15) is 41.5 Å². The predicted octanol–water partition coefficient (Wildman–Crippen LogP) is 2.56. The van der Waals surface area contributed by atoms with Gasteiger partial charge in [-0.3, -0.25) is 9.89 Å². The minimum Gasteiger partial charge on any atom is -0.374 e. The Morgan fingerprint density at radius 1 is 1.26 bits per heavy atom. The molecule has 2 atom stereocenters. The number of hydrogen-bond acceptors (Lipinski definition) is 3. The summed E-state index contributed by atoms with van der Waals surface area (Å²) in [6.07, 6.45) is 0.206. The number of nitrogens with zero attached hydrogens (tertiary/aromatic N) is 2. The SMILES string of the molecule is CCNC(=NCC1CN(CC(C)C)CCO1)NC(C)C(C)C.I. The van der Waals surface area contributed by atoms with E-state index >= 15 is 0 Å². The van der Waals surface area contributed by atoms with Crippen LogP contribution in [0.4, 0.5) is 0 Å². The Morgan fingerprint density at radius 2 is 1.96 bits per heavy atom. The summed E-state index contributed by atoms with van der Waals surface area (Å²) in [6.45, 7) is 18.8. The molecule has 6 heteroatoms. The van der Waals surface area contributed by atoms with Crippen molar-refractivity contribution < 1.29 is 4.74 Å². The molecule has 0 saturated carbocycles. The molecule has 23 heavy (non-hydrogen) atoms. The number of rotatable bonds is 7. The van der Waals surface area contributed by atoms with Crippen molar-refractivity contribution in [2.75, 3.05) is 39.3 Å². The molecule has 1 aliphatic rings. The van der Waals surface area contributed by atoms with Crippen molar-refractivity contribution in [3.63, 3.8) is 0 Å². The largest absolute Gasteiger partial charge is 0.374 e. The van der Waals surface area contributed by atoms with Gasteiger partial charge in [-0.1, -0.05) is 27.7 Å². The monoisotopic (exact) mass is 440 g/mol. The topological polar surface area (TPSA) is 48.9 Å². The van der Waals surface area contributed by atoms with Gasteiger partial charge in [-0.2, -0.15) is 0 Å². The average Bonchev–Trinajstić information content (AvgIpc) is 2.44. The molecule has 0 spiro atoms. The summed E-state index contributed by atoms with van der Waals surface area (Å²) in [7, 11) is 0. The molecule has 2 N–H and O–H groups in total. The van der Waals surface area contributed by atoms with Gasteiger partial charge >= 0.3 is 0 Å². The van der Waals surface area contributed by atoms with Crippen LogP contribution < -0.4 is 10.6 Å². The van der Waals surface area contributed by atoms with E-state index in [4.69, 9.17) is 9.73 Å². The average molecular weight is 440 g/mol. The molecule has 5 nitrogen and oxygen atoms in total. The van der Waals surface area contributed by atoms with Crippen LogP contribution in [-0.2, 0) is 4.74 Å². The second-order valence-corrected chi connectivity index (χ2v) is 7.04. The summed E-state index contributed by atoms with van der Waals surface area (Å²) in [6, 6.07) is 0.405. The minimum absolute atomic E-state index is 0. The van der Waals surface area contributed by atoms with Gasteiger partial charge in [-0.15, -0.1) is 24.0 Å². The Labute approximate surface area is 160 Å². The predicted molar refractivity (Wildman–Crippen MR) is 110 cm³/mol. The van der Waals surface area contributed by atoms with Crippen LogP contribution >= 0.6 is 24.0 Å². The van der Waals surface area contributed by atoms with Crippen molar-refractivity contribution >= 4 is 29.9 Å². The van der Waals surface area contributed by atoms with Gasteiger partial charge in [0.1, 0.15) is 0 Å². The van der Waals surface area contributed by atoms with Crippen molar-refractivity contribution in [1.29, 1.82) is 0 Å². The van der Waals surface area contributed by atoms with Gasteiger partial charge in [0.05, 0.1) is 19.3 Å². The van der Waals surface area contributed by atoms with Gasteiger partial charge in [0.25, 0.3) is 0 Å². The maximum atomic E-state index is 5.87. The third-order valence-electron chi connectivity index (χ3n) is 4.01. The second kappa shape index (κ2) is 12.3. The zero-order valence-electron chi connectivity index (χ0n) is 15.8. The van der Waals surface area contributed by atoms with Gasteiger partial charge in [0.2, 0.25) is 0 Å². The Kier molecular flexibility index (Phi) is 12.3. The molecule has 1 saturated heterocycles. The lowest BCUT2D eigenvalue weighted by atomic mass is 10.1. The summed E-state index contributed by atoms with van der Waals surface area (Å²) >= 11 is 0. The van der Waals surface area contributed by atoms with Crippen molar-refractivity contribution in [3.05, 3.63) is 0 Å². The third-order valence-corrected chi connectivity index (χ3v) is 4.01. The molecule has 0 aromatic rings. The zero-order chi connectivity index (χ0) is 16.5. The lowest BCUT2D eigenvalue weighted by molar-refractivity contribution is -0.0262. The normalized spacial score (nSPS) is 21.2. The van der Waals surface area contributed by atoms with Gasteiger partial charge < -0.3 is 15.4 Å². The van der Waals surface area contributed by atoms with Crippen LogP contribution in [0.5, 0.6) is 0 Å². The first-order chi connectivity index (χ1) is 10.4. The molecule has 0 bridgehead atoms. The number of halogens is 1. The van der Waals surface area contributed by atoms with Crippen molar-refractivity contribution in [3.8, 4) is 0 Å². The van der Waals surface area contributed by atoms with Crippen LogP contribution in [0.2, 0.25) is 0 Å². The van der Waals surface area contributed by atoms with Crippen LogP contribution in [0.3, 0.4) is 0 Å². The highest BCUT2D eigenvalue weighted by atomic mass is 127. The van der Waals surface area contributed by atoms with Gasteiger partial charge in [0.15, 0.2) is 5.96 Å². The Morgan fingerprint density at radius 3 is 2.52 bits per heavy atom. The van der Waals surface area contributed by atoms with E-state index in [1.807, 2.05) is 0 Å². The Bertz CT molecular complexity index is 337. The Balaban J connectivity index is 0.00000484. The number of hydrogen-bond donors (Lipinski definition) is 2. The maximum Gasteiger partial charge on any atom is 0.191 e. The lowest BCUT2D eigenvalue weighted by Crippen LogP contribution is -2.47. The second-order valence-electron chi connectivity index (χ2n) is 7.04. The van der Waals surface area contributed by atoms with E-state index in [2.05, 4.69) is 57.1 Å². The number of aliphatic imine (C=N–C) groups is 1. The van der Waals surface area contributed by atoms with Gasteiger partial charge in [0, 0.05) is 32.2 Å². The van der Waals surface area contributed by atoms with Crippen LogP contribution in [0, 0.1) is 11.8 Å². The highest BCUT2D eigenvalue weighted by molar-refractivity contribution is 14.0. The standard InChI is InChI=1S/C17H36N4O.HI/c1-7-18-17(20-15(6)14(4)5)19-10-16-12-21(8-9-22-16)11-13(2)3;/h13-16H,7-12H2,1-6H3,(H2,18,19,20);1H. The van der Waals surface area contributed by atoms with E-state index in [9.17, 15) is 0 Å². The molecule has 2 unspecified atom stereocenters. The highest BCUT2D eigenvalue weighted by Crippen LogP contribution is 2.08. The molecular formula is C17H37IN4O. The molecule has 0 radical (unpaired) electrons. The van der Waals surface area contributed by atoms with Crippen LogP contribution in [0.25, 0.3) is 0 Å². The summed E-state index contributed by atoms with van der Waals surface area (Å²) in [5.74, 6) is 2.18. The molecule has 1 aliphatic heterocycles. The maximum absolute atomic E-state index is 5.87. The van der Waals surface area contributed by atoms with E-state index in [1.165, 1.54) is 0 Å². The van der Waals surface area contributed by atoms with E-state index in [0.717, 1.165) is 45.3 Å². The number of ether oxygens (including phenoxy) is 1. The summed E-state index contributed by atoms with van der Waals surface area (Å²) in [4.78, 5) is 7.21. The molecular weight excluding hydrogens is 403 g/mol. The summed E-state index contributed by atoms with van der Waals surface area (Å²) < 4.78 is 5.87. The van der Waals surface area contributed by atoms with E-state index < -0.39 is 0 Å². The lowest BCUT2D eigenvalue weighted by Gasteiger charge is -2.33. The van der Waals surface area contributed by atoms with E-state index in [0.29, 0.717) is 17.9 Å². The minimum atomic E-state index is 0. The number of morpholine rings is 1. The molecule has 0 aromatic carbocycles. The third kappa shape index (κ3) is 9.72. The fourth-order valence-electron chi connectivity index (χ4n) is 2.47. The first kappa shape index (κ1) is 22.9. The molecule has 0 amide bonds. The number of guanidine groups is 1. The van der Waals surface area contributed by atoms with E-state index in [-0.39, 0.29) is 30.1 Å². The van der Waals surface area contributed by atoms with Crippen molar-refractivity contribution in [1.82, 2.24) is 15.5 Å². The van der Waals surface area contributed by atoms with Crippen molar-refractivity contribution in [2.24, 2.45) is 16.8 Å². The Hall–Kier alpha value is -0.0800. The molecule has 1 rings (SSSR count). The highest BCUT2D eigenvalue weighted by Gasteiger charge is 2.21. The van der Waals surface area contributed by atoms with Crippen LogP contribution in [0.15, 0.2) is 4.99 Å². The zero-order valence-corrected chi connectivity index (χ0v) is 18.1. The molecule has 1 heterocycles. The van der Waals surface area contributed by atoms with E-state index in [1.54, 1.807) is 0 Å². The number of nitrogens with one attached hydrogen (secondary N) is 2. The molecule has 0 aromatic heterocycles. The van der Waals surface area contributed by atoms with Gasteiger partial charge in [-0.05, 0) is 25.7 Å². The van der Waals surface area contributed by atoms with Crippen molar-refractivity contribution in [2.45, 2.75) is 53.7 Å². The molecule has 138 valence electrons. The first-order valence-corrected chi connectivity index (χ1v) is 8.81.